The number of hydrogen-bond acceptors (Lipinski definition) is 3. The van der Waals surface area contributed by atoms with Crippen molar-refractivity contribution in [3.8, 4) is 0 Å². The highest BCUT2D eigenvalue weighted by molar-refractivity contribution is 7.10. The lowest BCUT2D eigenvalue weighted by atomic mass is 10.1. The van der Waals surface area contributed by atoms with Gasteiger partial charge in [0.25, 0.3) is 0 Å². The van der Waals surface area contributed by atoms with E-state index in [9.17, 15) is 0 Å². The van der Waals surface area contributed by atoms with Gasteiger partial charge in [0.15, 0.2) is 0 Å². The SMILES string of the molecule is CCCNC(c1ccc(Cl)cn1)c1sccc1Cl. The van der Waals surface area contributed by atoms with Crippen molar-refractivity contribution in [2.24, 2.45) is 0 Å². The Bertz CT molecular complexity index is 496. The molecule has 0 saturated carbocycles. The van der Waals surface area contributed by atoms with Crippen LogP contribution < -0.4 is 5.32 Å². The first-order valence-corrected chi connectivity index (χ1v) is 7.43. The Morgan fingerprint density at radius 2 is 2.17 bits per heavy atom. The lowest BCUT2D eigenvalue weighted by Crippen LogP contribution is -2.23. The number of pyridine rings is 1. The van der Waals surface area contributed by atoms with Crippen LogP contribution in [0.4, 0.5) is 0 Å². The number of nitrogens with one attached hydrogen (secondary N) is 1. The summed E-state index contributed by atoms with van der Waals surface area (Å²) in [4.78, 5) is 5.48. The molecule has 18 heavy (non-hydrogen) atoms. The van der Waals surface area contributed by atoms with Crippen LogP contribution in [0.5, 0.6) is 0 Å². The number of halogens is 2. The molecule has 0 aliphatic heterocycles. The third-order valence-electron chi connectivity index (χ3n) is 2.55. The summed E-state index contributed by atoms with van der Waals surface area (Å²) in [6, 6.07) is 5.74. The van der Waals surface area contributed by atoms with Gasteiger partial charge in [-0.15, -0.1) is 11.3 Å². The van der Waals surface area contributed by atoms with Gasteiger partial charge in [-0.05, 0) is 36.5 Å². The number of aromatic nitrogens is 1. The van der Waals surface area contributed by atoms with E-state index in [1.807, 2.05) is 23.6 Å². The Morgan fingerprint density at radius 1 is 1.33 bits per heavy atom. The molecule has 0 aliphatic rings. The predicted molar refractivity (Wildman–Crippen MR) is 78.7 cm³/mol. The average molecular weight is 301 g/mol. The molecule has 1 atom stereocenters. The quantitative estimate of drug-likeness (QED) is 0.877. The van der Waals surface area contributed by atoms with Crippen LogP contribution in [-0.2, 0) is 0 Å². The minimum Gasteiger partial charge on any atom is -0.304 e. The van der Waals surface area contributed by atoms with Crippen molar-refractivity contribution in [1.82, 2.24) is 10.3 Å². The summed E-state index contributed by atoms with van der Waals surface area (Å²) in [6.45, 7) is 3.05. The Hall–Kier alpha value is -0.610. The van der Waals surface area contributed by atoms with E-state index in [1.54, 1.807) is 17.5 Å². The molecular weight excluding hydrogens is 287 g/mol. The van der Waals surface area contributed by atoms with E-state index in [0.29, 0.717) is 5.02 Å². The molecule has 0 spiro atoms. The van der Waals surface area contributed by atoms with Crippen molar-refractivity contribution in [2.45, 2.75) is 19.4 Å². The van der Waals surface area contributed by atoms with Crippen LogP contribution in [0.1, 0.15) is 30.0 Å². The molecule has 96 valence electrons. The normalized spacial score (nSPS) is 12.6. The standard InChI is InChI=1S/C13H14Cl2N2S/c1-2-6-16-12(13-10(15)5-7-18-13)11-4-3-9(14)8-17-11/h3-5,7-8,12,16H,2,6H2,1H3. The maximum Gasteiger partial charge on any atom is 0.0860 e. The summed E-state index contributed by atoms with van der Waals surface area (Å²) < 4.78 is 0. The molecule has 0 radical (unpaired) electrons. The summed E-state index contributed by atoms with van der Waals surface area (Å²) in [5.41, 5.74) is 0.942. The monoisotopic (exact) mass is 300 g/mol. The molecule has 1 N–H and O–H groups in total. The second kappa shape index (κ2) is 6.53. The van der Waals surface area contributed by atoms with E-state index in [1.165, 1.54) is 0 Å². The Morgan fingerprint density at radius 3 is 2.72 bits per heavy atom. The zero-order chi connectivity index (χ0) is 13.0. The molecule has 0 amide bonds. The predicted octanol–water partition coefficient (Wildman–Crippen LogP) is 4.54. The molecule has 0 bridgehead atoms. The van der Waals surface area contributed by atoms with Gasteiger partial charge in [0.2, 0.25) is 0 Å². The minimum absolute atomic E-state index is 0.0368. The minimum atomic E-state index is 0.0368. The van der Waals surface area contributed by atoms with Crippen LogP contribution in [0.3, 0.4) is 0 Å². The number of hydrogen-bond donors (Lipinski definition) is 1. The third-order valence-corrected chi connectivity index (χ3v) is 4.20. The fourth-order valence-corrected chi connectivity index (χ4v) is 3.05. The molecule has 0 saturated heterocycles. The van der Waals surface area contributed by atoms with Gasteiger partial charge in [0.05, 0.1) is 21.8 Å². The first-order chi connectivity index (χ1) is 8.72. The molecule has 0 aromatic carbocycles. The largest absolute Gasteiger partial charge is 0.304 e. The van der Waals surface area contributed by atoms with Crippen LogP contribution in [-0.4, -0.2) is 11.5 Å². The summed E-state index contributed by atoms with van der Waals surface area (Å²) in [7, 11) is 0. The van der Waals surface area contributed by atoms with E-state index in [2.05, 4.69) is 17.2 Å². The van der Waals surface area contributed by atoms with Crippen molar-refractivity contribution in [2.75, 3.05) is 6.54 Å². The number of nitrogens with zero attached hydrogens (tertiary/aromatic N) is 1. The summed E-state index contributed by atoms with van der Waals surface area (Å²) in [5.74, 6) is 0. The third kappa shape index (κ3) is 3.23. The van der Waals surface area contributed by atoms with Crippen LogP contribution in [0.25, 0.3) is 0 Å². The topological polar surface area (TPSA) is 24.9 Å². The van der Waals surface area contributed by atoms with E-state index < -0.39 is 0 Å². The second-order valence-corrected chi connectivity index (χ2v) is 5.71. The Balaban J connectivity index is 2.30. The molecule has 2 aromatic heterocycles. The maximum atomic E-state index is 6.21. The molecule has 2 aromatic rings. The van der Waals surface area contributed by atoms with Gasteiger partial charge in [0.1, 0.15) is 0 Å². The summed E-state index contributed by atoms with van der Waals surface area (Å²) in [6.07, 6.45) is 2.73. The molecule has 2 heterocycles. The molecular formula is C13H14Cl2N2S. The van der Waals surface area contributed by atoms with Crippen molar-refractivity contribution in [3.63, 3.8) is 0 Å². The Labute approximate surface area is 121 Å². The first kappa shape index (κ1) is 13.8. The van der Waals surface area contributed by atoms with Crippen LogP contribution in [0, 0.1) is 0 Å². The zero-order valence-corrected chi connectivity index (χ0v) is 12.3. The molecule has 5 heteroatoms. The van der Waals surface area contributed by atoms with Crippen molar-refractivity contribution >= 4 is 34.5 Å². The lowest BCUT2D eigenvalue weighted by Gasteiger charge is -2.17. The highest BCUT2D eigenvalue weighted by Crippen LogP contribution is 2.32. The zero-order valence-electron chi connectivity index (χ0n) is 9.99. The maximum absolute atomic E-state index is 6.21. The van der Waals surface area contributed by atoms with Crippen molar-refractivity contribution < 1.29 is 0 Å². The molecule has 2 rings (SSSR count). The molecule has 2 nitrogen and oxygen atoms in total. The molecule has 0 aliphatic carbocycles. The molecule has 0 fully saturated rings. The average Bonchev–Trinajstić information content (AvgIpc) is 2.78. The van der Waals surface area contributed by atoms with Gasteiger partial charge in [-0.25, -0.2) is 0 Å². The lowest BCUT2D eigenvalue weighted by molar-refractivity contribution is 0.594. The second-order valence-electron chi connectivity index (χ2n) is 3.92. The summed E-state index contributed by atoms with van der Waals surface area (Å²) in [5, 5.41) is 6.89. The van der Waals surface area contributed by atoms with Gasteiger partial charge in [-0.1, -0.05) is 30.1 Å². The van der Waals surface area contributed by atoms with Gasteiger partial charge in [0, 0.05) is 11.1 Å². The van der Waals surface area contributed by atoms with E-state index in [0.717, 1.165) is 28.6 Å². The fraction of sp³-hybridized carbons (Fsp3) is 0.308. The van der Waals surface area contributed by atoms with Crippen molar-refractivity contribution in [1.29, 1.82) is 0 Å². The van der Waals surface area contributed by atoms with E-state index in [-0.39, 0.29) is 6.04 Å². The Kier molecular flexibility index (Phi) is 5.01. The van der Waals surface area contributed by atoms with Gasteiger partial charge < -0.3 is 5.32 Å². The first-order valence-electron chi connectivity index (χ1n) is 5.80. The van der Waals surface area contributed by atoms with E-state index >= 15 is 0 Å². The van der Waals surface area contributed by atoms with Crippen LogP contribution in [0.2, 0.25) is 10.0 Å². The number of thiophene rings is 1. The van der Waals surface area contributed by atoms with Gasteiger partial charge in [-0.3, -0.25) is 4.98 Å². The fourth-order valence-electron chi connectivity index (χ4n) is 1.69. The van der Waals surface area contributed by atoms with Gasteiger partial charge >= 0.3 is 0 Å². The summed E-state index contributed by atoms with van der Waals surface area (Å²) >= 11 is 13.7. The smallest absolute Gasteiger partial charge is 0.0860 e. The van der Waals surface area contributed by atoms with Crippen LogP contribution >= 0.6 is 34.5 Å². The highest BCUT2D eigenvalue weighted by Gasteiger charge is 2.18. The van der Waals surface area contributed by atoms with E-state index in [4.69, 9.17) is 23.2 Å². The number of rotatable bonds is 5. The van der Waals surface area contributed by atoms with Crippen molar-refractivity contribution in [3.05, 3.63) is 50.4 Å². The highest BCUT2D eigenvalue weighted by atomic mass is 35.5. The van der Waals surface area contributed by atoms with Gasteiger partial charge in [-0.2, -0.15) is 0 Å². The molecule has 1 unspecified atom stereocenters. The van der Waals surface area contributed by atoms with Crippen LogP contribution in [0.15, 0.2) is 29.8 Å².